The first-order valence-electron chi connectivity index (χ1n) is 4.66. The maximum absolute atomic E-state index is 13.0. The normalized spacial score (nSPS) is 10.4. The van der Waals surface area contributed by atoms with Gasteiger partial charge in [-0.3, -0.25) is 5.10 Å². The van der Waals surface area contributed by atoms with Gasteiger partial charge >= 0.3 is 5.97 Å². The lowest BCUT2D eigenvalue weighted by molar-refractivity contribution is 0.0696. The number of aromatic nitrogens is 3. The fourth-order valence-corrected chi connectivity index (χ4v) is 2.07. The topological polar surface area (TPSA) is 78.9 Å². The zero-order valence-corrected chi connectivity index (χ0v) is 9.37. The van der Waals surface area contributed by atoms with Gasteiger partial charge in [-0.25, -0.2) is 14.2 Å². The Morgan fingerprint density at radius 3 is 3.00 bits per heavy atom. The van der Waals surface area contributed by atoms with E-state index >= 15 is 0 Å². The van der Waals surface area contributed by atoms with Crippen molar-refractivity contribution < 1.29 is 14.3 Å². The highest BCUT2D eigenvalue weighted by atomic mass is 32.2. The number of carbonyl (C=O) groups is 1. The zero-order chi connectivity index (χ0) is 12.3. The maximum atomic E-state index is 13.0. The first kappa shape index (κ1) is 11.6. The third-order valence-electron chi connectivity index (χ3n) is 2.06. The standard InChI is InChI=1S/C10H8FN3O2S/c11-7-1-2-8(9(15)16)6(3-7)4-17-10-12-5-13-14-10/h1-3,5H,4H2,(H,15,16)(H,12,13,14). The van der Waals surface area contributed by atoms with Crippen LogP contribution in [0, 0.1) is 5.82 Å². The highest BCUT2D eigenvalue weighted by Crippen LogP contribution is 2.22. The fourth-order valence-electron chi connectivity index (χ4n) is 1.30. The number of aromatic amines is 1. The van der Waals surface area contributed by atoms with Gasteiger partial charge in [0.2, 0.25) is 0 Å². The van der Waals surface area contributed by atoms with Crippen LogP contribution in [0.15, 0.2) is 29.7 Å². The van der Waals surface area contributed by atoms with Crippen LogP contribution in [0.4, 0.5) is 4.39 Å². The lowest BCUT2D eigenvalue weighted by Crippen LogP contribution is -2.02. The quantitative estimate of drug-likeness (QED) is 0.814. The van der Waals surface area contributed by atoms with E-state index in [0.29, 0.717) is 16.5 Å². The molecule has 0 spiro atoms. The molecule has 5 nitrogen and oxygen atoms in total. The number of halogens is 1. The number of carboxylic acid groups (broad SMARTS) is 1. The van der Waals surface area contributed by atoms with Crippen molar-refractivity contribution in [2.45, 2.75) is 10.9 Å². The SMILES string of the molecule is O=C(O)c1ccc(F)cc1CSc1ncn[nH]1. The number of carboxylic acids is 1. The number of rotatable bonds is 4. The van der Waals surface area contributed by atoms with Crippen molar-refractivity contribution in [1.29, 1.82) is 0 Å². The summed E-state index contributed by atoms with van der Waals surface area (Å²) >= 11 is 1.26. The monoisotopic (exact) mass is 253 g/mol. The summed E-state index contributed by atoms with van der Waals surface area (Å²) in [5.74, 6) is -1.21. The number of nitrogens with one attached hydrogen (secondary N) is 1. The van der Waals surface area contributed by atoms with Gasteiger partial charge in [-0.05, 0) is 23.8 Å². The molecule has 2 aromatic rings. The molecule has 0 amide bonds. The minimum atomic E-state index is -1.07. The molecule has 17 heavy (non-hydrogen) atoms. The summed E-state index contributed by atoms with van der Waals surface area (Å²) in [6.45, 7) is 0. The van der Waals surface area contributed by atoms with Crippen molar-refractivity contribution in [2.24, 2.45) is 0 Å². The molecule has 2 rings (SSSR count). The third kappa shape index (κ3) is 2.82. The molecule has 0 atom stereocenters. The number of H-pyrrole nitrogens is 1. The van der Waals surface area contributed by atoms with E-state index in [-0.39, 0.29) is 5.56 Å². The third-order valence-corrected chi connectivity index (χ3v) is 2.98. The molecule has 1 aromatic carbocycles. The van der Waals surface area contributed by atoms with Crippen LogP contribution in [0.25, 0.3) is 0 Å². The fraction of sp³-hybridized carbons (Fsp3) is 0.100. The van der Waals surface area contributed by atoms with Crippen LogP contribution in [0.5, 0.6) is 0 Å². The first-order chi connectivity index (χ1) is 8.16. The molecule has 2 N–H and O–H groups in total. The van der Waals surface area contributed by atoms with Gasteiger partial charge in [0.25, 0.3) is 0 Å². The van der Waals surface area contributed by atoms with E-state index < -0.39 is 11.8 Å². The van der Waals surface area contributed by atoms with Gasteiger partial charge in [-0.1, -0.05) is 11.8 Å². The van der Waals surface area contributed by atoms with Crippen molar-refractivity contribution in [2.75, 3.05) is 0 Å². The second-order valence-corrected chi connectivity index (χ2v) is 4.15. The molecule has 0 saturated heterocycles. The summed E-state index contributed by atoms with van der Waals surface area (Å²) in [5.41, 5.74) is 0.511. The Labute approximate surface area is 100 Å². The second kappa shape index (κ2) is 4.96. The Morgan fingerprint density at radius 1 is 1.53 bits per heavy atom. The number of benzene rings is 1. The first-order valence-corrected chi connectivity index (χ1v) is 5.65. The smallest absolute Gasteiger partial charge is 0.335 e. The van der Waals surface area contributed by atoms with E-state index in [0.717, 1.165) is 6.07 Å². The van der Waals surface area contributed by atoms with E-state index in [2.05, 4.69) is 15.2 Å². The van der Waals surface area contributed by atoms with Crippen LogP contribution in [0.1, 0.15) is 15.9 Å². The summed E-state index contributed by atoms with van der Waals surface area (Å²) in [7, 11) is 0. The molecule has 7 heteroatoms. The molecule has 0 unspecified atom stereocenters. The van der Waals surface area contributed by atoms with E-state index in [4.69, 9.17) is 5.11 Å². The Balaban J connectivity index is 2.19. The highest BCUT2D eigenvalue weighted by molar-refractivity contribution is 7.98. The lowest BCUT2D eigenvalue weighted by Gasteiger charge is -2.04. The van der Waals surface area contributed by atoms with Crippen LogP contribution in [0.2, 0.25) is 0 Å². The van der Waals surface area contributed by atoms with Crippen LogP contribution in [-0.4, -0.2) is 26.3 Å². The molecule has 0 saturated carbocycles. The lowest BCUT2D eigenvalue weighted by atomic mass is 10.1. The summed E-state index contributed by atoms with van der Waals surface area (Å²) in [5, 5.41) is 15.8. The Hall–Kier alpha value is -1.89. The van der Waals surface area contributed by atoms with Crippen molar-refractivity contribution >= 4 is 17.7 Å². The van der Waals surface area contributed by atoms with Crippen LogP contribution >= 0.6 is 11.8 Å². The van der Waals surface area contributed by atoms with Crippen molar-refractivity contribution in [3.63, 3.8) is 0 Å². The molecule has 1 heterocycles. The van der Waals surface area contributed by atoms with Gasteiger partial charge in [-0.2, -0.15) is 5.10 Å². The molecule has 0 bridgehead atoms. The molecule has 0 aliphatic carbocycles. The minimum absolute atomic E-state index is 0.0958. The number of hydrogen-bond acceptors (Lipinski definition) is 4. The number of nitrogens with zero attached hydrogens (tertiary/aromatic N) is 2. The van der Waals surface area contributed by atoms with Gasteiger partial charge < -0.3 is 5.11 Å². The summed E-state index contributed by atoms with van der Waals surface area (Å²) < 4.78 is 13.0. The van der Waals surface area contributed by atoms with E-state index in [1.54, 1.807) is 0 Å². The Bertz CT molecular complexity index is 530. The van der Waals surface area contributed by atoms with Crippen LogP contribution < -0.4 is 0 Å². The molecular weight excluding hydrogens is 245 g/mol. The van der Waals surface area contributed by atoms with Crippen LogP contribution in [-0.2, 0) is 5.75 Å². The van der Waals surface area contributed by atoms with Crippen molar-refractivity contribution in [1.82, 2.24) is 15.2 Å². The van der Waals surface area contributed by atoms with Gasteiger partial charge in [0.05, 0.1) is 5.56 Å². The number of hydrogen-bond donors (Lipinski definition) is 2. The molecule has 0 fully saturated rings. The largest absolute Gasteiger partial charge is 0.478 e. The molecule has 0 aliphatic rings. The maximum Gasteiger partial charge on any atom is 0.335 e. The predicted octanol–water partition coefficient (Wildman–Crippen LogP) is 1.93. The molecule has 0 radical (unpaired) electrons. The summed E-state index contributed by atoms with van der Waals surface area (Å²) in [6, 6.07) is 3.60. The van der Waals surface area contributed by atoms with Crippen molar-refractivity contribution in [3.8, 4) is 0 Å². The zero-order valence-electron chi connectivity index (χ0n) is 8.55. The predicted molar refractivity (Wildman–Crippen MR) is 59.3 cm³/mol. The Morgan fingerprint density at radius 2 is 2.35 bits per heavy atom. The van der Waals surface area contributed by atoms with Gasteiger partial charge in [0.1, 0.15) is 12.1 Å². The average molecular weight is 253 g/mol. The number of thioether (sulfide) groups is 1. The van der Waals surface area contributed by atoms with Gasteiger partial charge in [0.15, 0.2) is 5.16 Å². The van der Waals surface area contributed by atoms with Crippen LogP contribution in [0.3, 0.4) is 0 Å². The molecule has 1 aromatic heterocycles. The minimum Gasteiger partial charge on any atom is -0.478 e. The van der Waals surface area contributed by atoms with E-state index in [1.165, 1.54) is 30.2 Å². The van der Waals surface area contributed by atoms with Gasteiger partial charge in [-0.15, -0.1) is 0 Å². The van der Waals surface area contributed by atoms with Gasteiger partial charge in [0, 0.05) is 5.75 Å². The van der Waals surface area contributed by atoms with E-state index in [1.807, 2.05) is 0 Å². The Kier molecular flexibility index (Phi) is 3.38. The second-order valence-electron chi connectivity index (χ2n) is 3.19. The van der Waals surface area contributed by atoms with Crippen molar-refractivity contribution in [3.05, 3.63) is 41.5 Å². The summed E-state index contributed by atoms with van der Waals surface area (Å²) in [4.78, 5) is 14.8. The molecule has 88 valence electrons. The highest BCUT2D eigenvalue weighted by Gasteiger charge is 2.11. The number of aromatic carboxylic acids is 1. The average Bonchev–Trinajstić information content (AvgIpc) is 2.78. The van der Waals surface area contributed by atoms with E-state index in [9.17, 15) is 9.18 Å². The molecule has 0 aliphatic heterocycles. The molecular formula is C10H8FN3O2S. The summed E-state index contributed by atoms with van der Waals surface area (Å²) in [6.07, 6.45) is 1.35.